The Morgan fingerprint density at radius 3 is 1.55 bits per heavy atom. The number of hydrogen-bond donors (Lipinski definition) is 0. The van der Waals surface area contributed by atoms with E-state index in [0.29, 0.717) is 0 Å². The second-order valence-corrected chi connectivity index (χ2v) is 13.7. The third-order valence-electron chi connectivity index (χ3n) is 10.6. The Hall–Kier alpha value is -6.96. The molecule has 0 atom stereocenters. The van der Waals surface area contributed by atoms with Crippen molar-refractivity contribution in [1.29, 1.82) is 0 Å². The van der Waals surface area contributed by atoms with Gasteiger partial charge in [0, 0.05) is 22.0 Å². The maximum atomic E-state index is 2.51. The highest BCUT2D eigenvalue weighted by atomic mass is 15.1. The molecule has 0 aliphatic heterocycles. The molecule has 0 unspecified atom stereocenters. The van der Waals surface area contributed by atoms with Crippen LogP contribution in [0.5, 0.6) is 0 Å². The predicted octanol–water partition coefficient (Wildman–Crippen LogP) is 14.8. The first-order valence-electron chi connectivity index (χ1n) is 18.3. The van der Waals surface area contributed by atoms with Crippen molar-refractivity contribution in [3.63, 3.8) is 0 Å². The molecule has 10 rings (SSSR count). The molecule has 0 saturated heterocycles. The summed E-state index contributed by atoms with van der Waals surface area (Å²) < 4.78 is 0. The highest BCUT2D eigenvalue weighted by molar-refractivity contribution is 6.23. The van der Waals surface area contributed by atoms with E-state index in [4.69, 9.17) is 0 Å². The Morgan fingerprint density at radius 2 is 0.792 bits per heavy atom. The van der Waals surface area contributed by atoms with Gasteiger partial charge in [-0.25, -0.2) is 0 Å². The van der Waals surface area contributed by atoms with Crippen LogP contribution >= 0.6 is 0 Å². The number of nitrogens with zero attached hydrogens (tertiary/aromatic N) is 1. The zero-order valence-electron chi connectivity index (χ0n) is 29.2. The highest BCUT2D eigenvalue weighted by Crippen LogP contribution is 2.51. The van der Waals surface area contributed by atoms with E-state index in [2.05, 4.69) is 217 Å². The van der Waals surface area contributed by atoms with Gasteiger partial charge in [-0.2, -0.15) is 0 Å². The van der Waals surface area contributed by atoms with Crippen LogP contribution in [0.1, 0.15) is 0 Å². The Morgan fingerprint density at radius 1 is 0.283 bits per heavy atom. The first kappa shape index (κ1) is 30.8. The van der Waals surface area contributed by atoms with Gasteiger partial charge in [0.05, 0.1) is 11.4 Å². The molecular formula is C52H35N. The smallest absolute Gasteiger partial charge is 0.0625 e. The molecule has 0 saturated carbocycles. The second-order valence-electron chi connectivity index (χ2n) is 13.7. The normalized spacial score (nSPS) is 11.4. The van der Waals surface area contributed by atoms with Gasteiger partial charge in [0.25, 0.3) is 0 Å². The van der Waals surface area contributed by atoms with Crippen molar-refractivity contribution in [2.75, 3.05) is 4.90 Å². The summed E-state index contributed by atoms with van der Waals surface area (Å²) in [6, 6.07) is 77.4. The average Bonchev–Trinajstić information content (AvgIpc) is 3.24. The lowest BCUT2D eigenvalue weighted by Gasteiger charge is -2.31. The van der Waals surface area contributed by atoms with Crippen LogP contribution in [0.3, 0.4) is 0 Å². The fourth-order valence-corrected chi connectivity index (χ4v) is 8.19. The van der Waals surface area contributed by atoms with Crippen LogP contribution < -0.4 is 4.90 Å². The Bertz CT molecular complexity index is 2930. The molecule has 0 fully saturated rings. The minimum Gasteiger partial charge on any atom is -0.309 e. The average molecular weight is 674 g/mol. The lowest BCUT2D eigenvalue weighted by atomic mass is 9.88. The Balaban J connectivity index is 1.29. The molecule has 10 aromatic carbocycles. The van der Waals surface area contributed by atoms with Gasteiger partial charge < -0.3 is 4.90 Å². The molecule has 248 valence electrons. The molecule has 0 aliphatic rings. The number of benzene rings is 10. The minimum atomic E-state index is 1.10. The molecule has 0 N–H and O–H groups in total. The lowest BCUT2D eigenvalue weighted by Crippen LogP contribution is -2.13. The van der Waals surface area contributed by atoms with E-state index in [0.717, 1.165) is 11.4 Å². The molecule has 1 nitrogen and oxygen atoms in total. The van der Waals surface area contributed by atoms with E-state index >= 15 is 0 Å². The van der Waals surface area contributed by atoms with E-state index in [-0.39, 0.29) is 0 Å². The fourth-order valence-electron chi connectivity index (χ4n) is 8.19. The fraction of sp³-hybridized carbons (Fsp3) is 0. The summed E-state index contributed by atoms with van der Waals surface area (Å²) in [5, 5.41) is 9.83. The number of hydrogen-bond acceptors (Lipinski definition) is 1. The van der Waals surface area contributed by atoms with Gasteiger partial charge >= 0.3 is 0 Å². The van der Waals surface area contributed by atoms with E-state index in [1.54, 1.807) is 0 Å². The third-order valence-corrected chi connectivity index (χ3v) is 10.6. The number of fused-ring (bicyclic) bond motifs is 5. The van der Waals surface area contributed by atoms with E-state index in [9.17, 15) is 0 Å². The van der Waals surface area contributed by atoms with Crippen LogP contribution in [0, 0.1) is 0 Å². The zero-order chi connectivity index (χ0) is 35.1. The summed E-state index contributed by atoms with van der Waals surface area (Å²) in [5.41, 5.74) is 10.6. The van der Waals surface area contributed by atoms with Crippen LogP contribution in [0.4, 0.5) is 17.1 Å². The summed E-state index contributed by atoms with van der Waals surface area (Å²) in [7, 11) is 0. The van der Waals surface area contributed by atoms with Crippen molar-refractivity contribution < 1.29 is 0 Å². The van der Waals surface area contributed by atoms with Crippen molar-refractivity contribution in [2.24, 2.45) is 0 Å². The molecule has 0 heterocycles. The van der Waals surface area contributed by atoms with Crippen LogP contribution in [-0.4, -0.2) is 0 Å². The first-order chi connectivity index (χ1) is 26.3. The van der Waals surface area contributed by atoms with Crippen molar-refractivity contribution in [2.45, 2.75) is 0 Å². The maximum Gasteiger partial charge on any atom is 0.0625 e. The number of rotatable bonds is 6. The SMILES string of the molecule is c1ccc(-c2cccc(-c3c(N(c4ccc(-c5cccc6ccccc56)cc4)c4cccc5ccccc45)c4ccccc4c4ccccc34)c2)cc1. The highest BCUT2D eigenvalue weighted by Gasteiger charge is 2.25. The summed E-state index contributed by atoms with van der Waals surface area (Å²) >= 11 is 0. The van der Waals surface area contributed by atoms with Gasteiger partial charge in [-0.3, -0.25) is 0 Å². The molecule has 0 aromatic heterocycles. The van der Waals surface area contributed by atoms with Crippen LogP contribution in [0.15, 0.2) is 212 Å². The Kier molecular flexibility index (Phi) is 7.55. The van der Waals surface area contributed by atoms with Gasteiger partial charge in [-0.05, 0) is 84.4 Å². The van der Waals surface area contributed by atoms with E-state index in [1.165, 1.54) is 82.2 Å². The lowest BCUT2D eigenvalue weighted by molar-refractivity contribution is 1.32. The minimum absolute atomic E-state index is 1.10. The maximum absolute atomic E-state index is 2.51. The number of anilines is 3. The van der Waals surface area contributed by atoms with Crippen molar-refractivity contribution >= 4 is 60.2 Å². The van der Waals surface area contributed by atoms with Crippen LogP contribution in [0.25, 0.3) is 76.5 Å². The van der Waals surface area contributed by atoms with Gasteiger partial charge in [0.15, 0.2) is 0 Å². The molecular weight excluding hydrogens is 639 g/mol. The Labute approximate surface area is 309 Å². The molecule has 0 radical (unpaired) electrons. The van der Waals surface area contributed by atoms with Crippen molar-refractivity contribution in [1.82, 2.24) is 0 Å². The zero-order valence-corrected chi connectivity index (χ0v) is 29.2. The van der Waals surface area contributed by atoms with Gasteiger partial charge in [0.2, 0.25) is 0 Å². The van der Waals surface area contributed by atoms with Gasteiger partial charge in [-0.15, -0.1) is 0 Å². The summed E-state index contributed by atoms with van der Waals surface area (Å²) in [6.07, 6.45) is 0. The summed E-state index contributed by atoms with van der Waals surface area (Å²) in [6.45, 7) is 0. The monoisotopic (exact) mass is 673 g/mol. The van der Waals surface area contributed by atoms with Gasteiger partial charge in [0.1, 0.15) is 0 Å². The quantitative estimate of drug-likeness (QED) is 0.159. The van der Waals surface area contributed by atoms with Crippen LogP contribution in [-0.2, 0) is 0 Å². The van der Waals surface area contributed by atoms with E-state index < -0.39 is 0 Å². The molecule has 53 heavy (non-hydrogen) atoms. The van der Waals surface area contributed by atoms with Crippen molar-refractivity contribution in [3.8, 4) is 33.4 Å². The molecule has 10 aromatic rings. The molecule has 0 bridgehead atoms. The topological polar surface area (TPSA) is 3.24 Å². The molecule has 0 aliphatic carbocycles. The molecule has 1 heteroatoms. The second kappa shape index (κ2) is 13.0. The molecule has 0 amide bonds. The first-order valence-corrected chi connectivity index (χ1v) is 18.3. The predicted molar refractivity (Wildman–Crippen MR) is 227 cm³/mol. The largest absolute Gasteiger partial charge is 0.309 e. The van der Waals surface area contributed by atoms with Crippen molar-refractivity contribution in [3.05, 3.63) is 212 Å². The summed E-state index contributed by atoms with van der Waals surface area (Å²) in [4.78, 5) is 2.51. The van der Waals surface area contributed by atoms with Crippen LogP contribution in [0.2, 0.25) is 0 Å². The molecule has 0 spiro atoms. The van der Waals surface area contributed by atoms with Gasteiger partial charge in [-0.1, -0.05) is 188 Å². The standard InChI is InChI=1S/C52H35N/c1-2-15-36(16-3-1)40-21-12-22-41(35-40)51-48-27-10-8-25-46(48)47-26-9-11-28-49(47)52(51)53(50-30-14-20-38-18-5-7-24-45(38)50)42-33-31-39(32-34-42)44-29-13-19-37-17-4-6-23-43(37)44/h1-35H. The summed E-state index contributed by atoms with van der Waals surface area (Å²) in [5.74, 6) is 0. The third kappa shape index (κ3) is 5.34. The van der Waals surface area contributed by atoms with E-state index in [1.807, 2.05) is 0 Å².